The first-order valence-electron chi connectivity index (χ1n) is 6.96. The number of hydrogen-bond donors (Lipinski definition) is 2. The van der Waals surface area contributed by atoms with Gasteiger partial charge < -0.3 is 10.2 Å². The van der Waals surface area contributed by atoms with Crippen LogP contribution in [0.3, 0.4) is 0 Å². The Kier molecular flexibility index (Phi) is 7.97. The Morgan fingerprint density at radius 1 is 1.30 bits per heavy atom. The van der Waals surface area contributed by atoms with Crippen LogP contribution in [0.4, 0.5) is 5.69 Å². The lowest BCUT2D eigenvalue weighted by atomic mass is 10.2. The van der Waals surface area contributed by atoms with Crippen LogP contribution in [0.5, 0.6) is 0 Å². The van der Waals surface area contributed by atoms with Crippen LogP contribution in [0.15, 0.2) is 35.1 Å². The second-order valence-corrected chi connectivity index (χ2v) is 8.51. The zero-order valence-corrected chi connectivity index (χ0v) is 13.8. The van der Waals surface area contributed by atoms with Gasteiger partial charge in [0.05, 0.1) is 0 Å². The second-order valence-electron chi connectivity index (χ2n) is 4.47. The van der Waals surface area contributed by atoms with Crippen molar-refractivity contribution in [1.29, 1.82) is 0 Å². The molecule has 0 aromatic heterocycles. The zero-order valence-electron chi connectivity index (χ0n) is 12.1. The van der Waals surface area contributed by atoms with E-state index in [0.717, 1.165) is 36.3 Å². The third-order valence-electron chi connectivity index (χ3n) is 2.54. The first kappa shape index (κ1) is 17.3. The molecule has 0 aliphatic carbocycles. The van der Waals surface area contributed by atoms with Crippen molar-refractivity contribution in [1.82, 2.24) is 0 Å². The maximum absolute atomic E-state index is 12.0. The van der Waals surface area contributed by atoms with Crippen molar-refractivity contribution in [2.75, 3.05) is 11.1 Å². The molecule has 0 aliphatic heterocycles. The Labute approximate surface area is 125 Å². The van der Waals surface area contributed by atoms with Gasteiger partial charge in [0.1, 0.15) is 5.84 Å². The van der Waals surface area contributed by atoms with Crippen LogP contribution in [0.2, 0.25) is 0 Å². The number of para-hydroxylation sites is 1. The third kappa shape index (κ3) is 7.13. The number of nitrogens with zero attached hydrogens (tertiary/aromatic N) is 1. The van der Waals surface area contributed by atoms with Crippen molar-refractivity contribution in [2.24, 2.45) is 4.76 Å². The van der Waals surface area contributed by atoms with E-state index in [1.807, 2.05) is 37.3 Å². The average Bonchev–Trinajstić information content (AvgIpc) is 2.43. The van der Waals surface area contributed by atoms with Gasteiger partial charge in [-0.3, -0.25) is 4.57 Å². The maximum Gasteiger partial charge on any atom is 0.370 e. The second kappa shape index (κ2) is 9.22. The lowest BCUT2D eigenvalue weighted by Crippen LogP contribution is -2.11. The molecule has 0 fully saturated rings. The highest BCUT2D eigenvalue weighted by Gasteiger charge is 2.18. The normalized spacial score (nSPS) is 14.8. The quantitative estimate of drug-likeness (QED) is 0.406. The summed E-state index contributed by atoms with van der Waals surface area (Å²) in [7, 11) is 0. The van der Waals surface area contributed by atoms with Crippen molar-refractivity contribution in [3.8, 4) is 0 Å². The Hall–Kier alpha value is -0.770. The van der Waals surface area contributed by atoms with E-state index >= 15 is 0 Å². The minimum Gasteiger partial charge on any atom is -0.344 e. The molecule has 6 heteroatoms. The fourth-order valence-electron chi connectivity index (χ4n) is 1.56. The van der Waals surface area contributed by atoms with Gasteiger partial charge in [0.2, 0.25) is 0 Å². The van der Waals surface area contributed by atoms with Crippen LogP contribution < -0.4 is 5.32 Å². The standard InChI is InChI=1S/C14H23N2O2PS/c1-3-5-11-14(15-13-9-7-6-8-10-13)16-19(17,18)20-12-4-2/h6-10H,3-5,11-12H2,1-2H3,(H2,15,16,17,18). The molecule has 2 N–H and O–H groups in total. The van der Waals surface area contributed by atoms with Gasteiger partial charge in [-0.2, -0.15) is 4.76 Å². The number of hydrogen-bond acceptors (Lipinski definition) is 2. The summed E-state index contributed by atoms with van der Waals surface area (Å²) in [6.45, 7) is 0.571. The average molecular weight is 314 g/mol. The van der Waals surface area contributed by atoms with E-state index in [9.17, 15) is 9.46 Å². The number of anilines is 1. The monoisotopic (exact) mass is 314 g/mol. The molecule has 1 aromatic carbocycles. The van der Waals surface area contributed by atoms with Crippen molar-refractivity contribution in [2.45, 2.75) is 39.5 Å². The van der Waals surface area contributed by atoms with Crippen LogP contribution in [0.25, 0.3) is 0 Å². The van der Waals surface area contributed by atoms with Gasteiger partial charge in [-0.25, -0.2) is 0 Å². The topological polar surface area (TPSA) is 61.7 Å². The summed E-state index contributed by atoms with van der Waals surface area (Å²) in [5, 5.41) is 3.15. The van der Waals surface area contributed by atoms with E-state index in [4.69, 9.17) is 0 Å². The fraction of sp³-hybridized carbons (Fsp3) is 0.500. The molecule has 0 radical (unpaired) electrons. The Morgan fingerprint density at radius 3 is 2.60 bits per heavy atom. The van der Waals surface area contributed by atoms with Crippen molar-refractivity contribution in [3.05, 3.63) is 30.3 Å². The van der Waals surface area contributed by atoms with Crippen molar-refractivity contribution < 1.29 is 9.46 Å². The van der Waals surface area contributed by atoms with Gasteiger partial charge in [0.15, 0.2) is 0 Å². The fourth-order valence-corrected chi connectivity index (χ4v) is 4.22. The zero-order chi connectivity index (χ0) is 14.8. The number of unbranched alkanes of at least 4 members (excludes halogenated alkanes) is 1. The van der Waals surface area contributed by atoms with E-state index in [0.29, 0.717) is 18.0 Å². The molecule has 20 heavy (non-hydrogen) atoms. The molecule has 0 spiro atoms. The Balaban J connectivity index is 2.79. The third-order valence-corrected chi connectivity index (χ3v) is 5.76. The Morgan fingerprint density at radius 2 is 2.00 bits per heavy atom. The van der Waals surface area contributed by atoms with Gasteiger partial charge in [0, 0.05) is 17.9 Å². The molecule has 1 rings (SSSR count). The smallest absolute Gasteiger partial charge is 0.344 e. The molecule has 0 saturated carbocycles. The largest absolute Gasteiger partial charge is 0.370 e. The van der Waals surface area contributed by atoms with Gasteiger partial charge in [-0.1, -0.05) is 38.5 Å². The molecule has 1 atom stereocenters. The molecule has 1 unspecified atom stereocenters. The molecule has 0 saturated heterocycles. The summed E-state index contributed by atoms with van der Waals surface area (Å²) in [5.74, 6) is 1.23. The van der Waals surface area contributed by atoms with Crippen LogP contribution >= 0.6 is 18.1 Å². The van der Waals surface area contributed by atoms with E-state index < -0.39 is 6.72 Å². The van der Waals surface area contributed by atoms with E-state index in [1.54, 1.807) is 0 Å². The van der Waals surface area contributed by atoms with E-state index in [1.165, 1.54) is 0 Å². The minimum absolute atomic E-state index is 0.590. The highest BCUT2D eigenvalue weighted by molar-refractivity contribution is 8.55. The van der Waals surface area contributed by atoms with Crippen LogP contribution in [0.1, 0.15) is 39.5 Å². The lowest BCUT2D eigenvalue weighted by Gasteiger charge is -2.12. The summed E-state index contributed by atoms with van der Waals surface area (Å²) in [5.41, 5.74) is 0.892. The molecule has 0 aliphatic rings. The Bertz CT molecular complexity index is 466. The number of benzene rings is 1. The first-order chi connectivity index (χ1) is 9.57. The van der Waals surface area contributed by atoms with Crippen LogP contribution in [0, 0.1) is 0 Å². The van der Waals surface area contributed by atoms with Crippen molar-refractivity contribution in [3.63, 3.8) is 0 Å². The highest BCUT2D eigenvalue weighted by atomic mass is 32.7. The van der Waals surface area contributed by atoms with E-state index in [-0.39, 0.29) is 0 Å². The van der Waals surface area contributed by atoms with Crippen LogP contribution in [-0.2, 0) is 4.57 Å². The van der Waals surface area contributed by atoms with Gasteiger partial charge in [-0.05, 0) is 36.4 Å². The van der Waals surface area contributed by atoms with Gasteiger partial charge in [-0.15, -0.1) is 0 Å². The molecule has 1 aromatic rings. The minimum atomic E-state index is -3.50. The molecule has 0 amide bonds. The van der Waals surface area contributed by atoms with E-state index in [2.05, 4.69) is 17.0 Å². The molecular weight excluding hydrogens is 291 g/mol. The maximum atomic E-state index is 12.0. The first-order valence-corrected chi connectivity index (χ1v) is 10.2. The summed E-state index contributed by atoms with van der Waals surface area (Å²) < 4.78 is 16.1. The van der Waals surface area contributed by atoms with Crippen molar-refractivity contribution >= 4 is 29.6 Å². The predicted molar refractivity (Wildman–Crippen MR) is 89.6 cm³/mol. The SMILES string of the molecule is CCCC/C(=N\P(=O)(O)SCCC)Nc1ccccc1. The lowest BCUT2D eigenvalue weighted by molar-refractivity contribution is 0.499. The summed E-state index contributed by atoms with van der Waals surface area (Å²) in [6.07, 6.45) is 3.51. The number of amidine groups is 1. The number of rotatable bonds is 8. The van der Waals surface area contributed by atoms with Crippen LogP contribution in [-0.4, -0.2) is 16.5 Å². The van der Waals surface area contributed by atoms with Gasteiger partial charge in [0.25, 0.3) is 0 Å². The highest BCUT2D eigenvalue weighted by Crippen LogP contribution is 2.56. The summed E-state index contributed by atoms with van der Waals surface area (Å²) in [4.78, 5) is 9.88. The molecule has 0 heterocycles. The molecule has 4 nitrogen and oxygen atoms in total. The summed E-state index contributed by atoms with van der Waals surface area (Å²) in [6, 6.07) is 9.61. The molecular formula is C14H23N2O2PS. The summed E-state index contributed by atoms with van der Waals surface area (Å²) >= 11 is 1.03. The molecule has 0 bridgehead atoms. The number of nitrogens with one attached hydrogen (secondary N) is 1. The predicted octanol–water partition coefficient (Wildman–Crippen LogP) is 4.93. The molecule has 112 valence electrons. The van der Waals surface area contributed by atoms with Gasteiger partial charge >= 0.3 is 6.72 Å².